The summed E-state index contributed by atoms with van der Waals surface area (Å²) < 4.78 is 11.7. The van der Waals surface area contributed by atoms with Gasteiger partial charge in [-0.05, 0) is 75.6 Å². The van der Waals surface area contributed by atoms with Crippen molar-refractivity contribution in [3.63, 3.8) is 0 Å². The third-order valence-corrected chi connectivity index (χ3v) is 4.53. The fraction of sp³-hybridized carbons (Fsp3) is 0.650. The largest absolute Gasteiger partial charge is 0.493 e. The van der Waals surface area contributed by atoms with Crippen LogP contribution in [0.15, 0.2) is 12.1 Å². The van der Waals surface area contributed by atoms with Gasteiger partial charge in [-0.25, -0.2) is 0 Å². The van der Waals surface area contributed by atoms with Crippen molar-refractivity contribution < 1.29 is 14.3 Å². The fourth-order valence-electron chi connectivity index (χ4n) is 3.06. The molecule has 0 aromatic heterocycles. The predicted molar refractivity (Wildman–Crippen MR) is 97.6 cm³/mol. The van der Waals surface area contributed by atoms with Crippen molar-refractivity contribution in [3.05, 3.63) is 23.3 Å². The first-order valence-electron chi connectivity index (χ1n) is 8.97. The minimum atomic E-state index is -0.733. The monoisotopic (exact) mass is 333 g/mol. The van der Waals surface area contributed by atoms with Gasteiger partial charge in [0.05, 0.1) is 6.61 Å². The molecule has 1 saturated carbocycles. The average Bonchev–Trinajstić information content (AvgIpc) is 3.31. The van der Waals surface area contributed by atoms with Gasteiger partial charge in [-0.1, -0.05) is 13.8 Å². The van der Waals surface area contributed by atoms with Gasteiger partial charge in [-0.2, -0.15) is 0 Å². The molecule has 0 heterocycles. The molecule has 1 aliphatic carbocycles. The summed E-state index contributed by atoms with van der Waals surface area (Å²) in [5, 5.41) is 3.04. The molecule has 1 atom stereocenters. The van der Waals surface area contributed by atoms with Crippen LogP contribution in [0, 0.1) is 25.7 Å². The van der Waals surface area contributed by atoms with Crippen LogP contribution in [0.5, 0.6) is 5.75 Å². The van der Waals surface area contributed by atoms with Crippen LogP contribution in [0.3, 0.4) is 0 Å². The lowest BCUT2D eigenvalue weighted by molar-refractivity contribution is -0.141. The van der Waals surface area contributed by atoms with Crippen molar-refractivity contribution in [2.45, 2.75) is 60.0 Å². The maximum absolute atomic E-state index is 12.8. The molecule has 2 rings (SSSR count). The highest BCUT2D eigenvalue weighted by atomic mass is 16.5. The molecule has 0 radical (unpaired) electrons. The third kappa shape index (κ3) is 4.29. The Morgan fingerprint density at radius 1 is 1.29 bits per heavy atom. The van der Waals surface area contributed by atoms with Crippen molar-refractivity contribution >= 4 is 11.6 Å². The average molecular weight is 333 g/mol. The van der Waals surface area contributed by atoms with Crippen LogP contribution in [0.25, 0.3) is 0 Å². The molecule has 4 heteroatoms. The summed E-state index contributed by atoms with van der Waals surface area (Å²) in [6.07, 6.45) is 2.12. The van der Waals surface area contributed by atoms with Gasteiger partial charge in [0.2, 0.25) is 0 Å². The van der Waals surface area contributed by atoms with Crippen molar-refractivity contribution in [1.29, 1.82) is 0 Å². The van der Waals surface area contributed by atoms with Gasteiger partial charge in [0.25, 0.3) is 5.91 Å². The molecule has 1 aromatic carbocycles. The summed E-state index contributed by atoms with van der Waals surface area (Å²) in [5.41, 5.74) is 2.15. The molecule has 1 amide bonds. The standard InChI is InChI=1S/C20H31NO3/c1-7-24-20(6,16-8-9-16)19(22)21-17-10-14(4)18(15(5)11-17)23-12-13(2)3/h10-11,13,16H,7-9,12H2,1-6H3,(H,21,22)/t20-/m1/s1. The number of anilines is 1. The van der Waals surface area contributed by atoms with Crippen LogP contribution in [0.4, 0.5) is 5.69 Å². The number of nitrogens with one attached hydrogen (secondary N) is 1. The number of amides is 1. The molecular weight excluding hydrogens is 302 g/mol. The van der Waals surface area contributed by atoms with E-state index in [9.17, 15) is 4.79 Å². The van der Waals surface area contributed by atoms with Crippen LogP contribution in [0.1, 0.15) is 51.7 Å². The van der Waals surface area contributed by atoms with Gasteiger partial charge < -0.3 is 14.8 Å². The number of carbonyl (C=O) groups excluding carboxylic acids is 1. The molecule has 24 heavy (non-hydrogen) atoms. The molecule has 1 N–H and O–H groups in total. The van der Waals surface area contributed by atoms with Crippen LogP contribution in [-0.2, 0) is 9.53 Å². The van der Waals surface area contributed by atoms with E-state index in [-0.39, 0.29) is 5.91 Å². The van der Waals surface area contributed by atoms with E-state index >= 15 is 0 Å². The second-order valence-corrected chi connectivity index (χ2v) is 7.41. The van der Waals surface area contributed by atoms with Gasteiger partial charge in [0.15, 0.2) is 0 Å². The zero-order chi connectivity index (χ0) is 17.9. The second kappa shape index (κ2) is 7.56. The SMILES string of the molecule is CCO[C@@](C)(C(=O)Nc1cc(C)c(OCC(C)C)c(C)c1)C1CC1. The smallest absolute Gasteiger partial charge is 0.256 e. The van der Waals surface area contributed by atoms with Crippen LogP contribution >= 0.6 is 0 Å². The predicted octanol–water partition coefficient (Wildman–Crippen LogP) is 4.48. The fourth-order valence-corrected chi connectivity index (χ4v) is 3.06. The van der Waals surface area contributed by atoms with E-state index in [1.165, 1.54) is 0 Å². The van der Waals surface area contributed by atoms with E-state index in [0.717, 1.165) is 35.4 Å². The highest BCUT2D eigenvalue weighted by molar-refractivity contribution is 5.97. The van der Waals surface area contributed by atoms with Gasteiger partial charge in [0, 0.05) is 12.3 Å². The van der Waals surface area contributed by atoms with E-state index in [2.05, 4.69) is 19.2 Å². The molecule has 0 bridgehead atoms. The van der Waals surface area contributed by atoms with Crippen LogP contribution in [0.2, 0.25) is 0 Å². The highest BCUT2D eigenvalue weighted by Crippen LogP contribution is 2.42. The number of hydrogen-bond acceptors (Lipinski definition) is 3. The summed E-state index contributed by atoms with van der Waals surface area (Å²) in [6, 6.07) is 3.94. The first-order valence-corrected chi connectivity index (χ1v) is 8.97. The maximum atomic E-state index is 12.8. The molecule has 0 saturated heterocycles. The zero-order valence-electron chi connectivity index (χ0n) is 15.9. The molecular formula is C20H31NO3. The van der Waals surface area contributed by atoms with E-state index in [1.807, 2.05) is 39.8 Å². The Bertz CT molecular complexity index is 570. The number of ether oxygens (including phenoxy) is 2. The van der Waals surface area contributed by atoms with E-state index in [0.29, 0.717) is 25.0 Å². The Kier molecular flexibility index (Phi) is 5.92. The Morgan fingerprint density at radius 3 is 2.33 bits per heavy atom. The van der Waals surface area contributed by atoms with Gasteiger partial charge in [0.1, 0.15) is 11.4 Å². The topological polar surface area (TPSA) is 47.6 Å². The normalized spacial score (nSPS) is 16.8. The molecule has 1 aliphatic rings. The molecule has 0 unspecified atom stereocenters. The second-order valence-electron chi connectivity index (χ2n) is 7.41. The lowest BCUT2D eigenvalue weighted by atomic mass is 9.98. The summed E-state index contributed by atoms with van der Waals surface area (Å²) in [7, 11) is 0. The lowest BCUT2D eigenvalue weighted by Gasteiger charge is -2.28. The number of aryl methyl sites for hydroxylation is 2. The number of benzene rings is 1. The number of rotatable bonds is 8. The summed E-state index contributed by atoms with van der Waals surface area (Å²) >= 11 is 0. The first-order chi connectivity index (χ1) is 11.3. The molecule has 1 fully saturated rings. The number of hydrogen-bond donors (Lipinski definition) is 1. The first kappa shape index (κ1) is 18.8. The van der Waals surface area contributed by atoms with Crippen molar-refractivity contribution in [2.24, 2.45) is 11.8 Å². The van der Waals surface area contributed by atoms with Crippen molar-refractivity contribution in [1.82, 2.24) is 0 Å². The number of carbonyl (C=O) groups is 1. The van der Waals surface area contributed by atoms with Gasteiger partial charge in [-0.15, -0.1) is 0 Å². The van der Waals surface area contributed by atoms with E-state index in [1.54, 1.807) is 0 Å². The molecule has 0 spiro atoms. The Hall–Kier alpha value is -1.55. The Labute approximate surface area is 145 Å². The summed E-state index contributed by atoms with van der Waals surface area (Å²) in [6.45, 7) is 13.4. The Morgan fingerprint density at radius 2 is 1.88 bits per heavy atom. The summed E-state index contributed by atoms with van der Waals surface area (Å²) in [5.74, 6) is 1.67. The van der Waals surface area contributed by atoms with Crippen LogP contribution < -0.4 is 10.1 Å². The van der Waals surface area contributed by atoms with Crippen molar-refractivity contribution in [2.75, 3.05) is 18.5 Å². The molecule has 1 aromatic rings. The third-order valence-electron chi connectivity index (χ3n) is 4.53. The van der Waals surface area contributed by atoms with E-state index < -0.39 is 5.60 Å². The minimum Gasteiger partial charge on any atom is -0.493 e. The maximum Gasteiger partial charge on any atom is 0.256 e. The zero-order valence-corrected chi connectivity index (χ0v) is 15.9. The lowest BCUT2D eigenvalue weighted by Crippen LogP contribution is -2.44. The van der Waals surface area contributed by atoms with Crippen LogP contribution in [-0.4, -0.2) is 24.7 Å². The van der Waals surface area contributed by atoms with Gasteiger partial charge in [-0.3, -0.25) is 4.79 Å². The molecule has 134 valence electrons. The minimum absolute atomic E-state index is 0.0542. The van der Waals surface area contributed by atoms with Gasteiger partial charge >= 0.3 is 0 Å². The van der Waals surface area contributed by atoms with Crippen molar-refractivity contribution in [3.8, 4) is 5.75 Å². The molecule has 4 nitrogen and oxygen atoms in total. The molecule has 0 aliphatic heterocycles. The highest BCUT2D eigenvalue weighted by Gasteiger charge is 2.48. The summed E-state index contributed by atoms with van der Waals surface area (Å²) in [4.78, 5) is 12.8. The Balaban J connectivity index is 2.13. The van der Waals surface area contributed by atoms with E-state index in [4.69, 9.17) is 9.47 Å². The quantitative estimate of drug-likeness (QED) is 0.763.